The molecule has 0 bridgehead atoms. The summed E-state index contributed by atoms with van der Waals surface area (Å²) in [5, 5.41) is 0. The van der Waals surface area contributed by atoms with Crippen LogP contribution in [0.3, 0.4) is 0 Å². The Morgan fingerprint density at radius 1 is 0.750 bits per heavy atom. The van der Waals surface area contributed by atoms with E-state index < -0.39 is 10.1 Å². The average molecular weight is 358 g/mol. The quantitative estimate of drug-likeness (QED) is 0.353. The number of unbranched alkanes of at least 4 members (excludes halogenated alkanes) is 3. The lowest BCUT2D eigenvalue weighted by molar-refractivity contribution is 0.0986. The number of hydrogen-bond acceptors (Lipinski definition) is 5. The van der Waals surface area contributed by atoms with Crippen LogP contribution in [-0.4, -0.2) is 41.5 Å². The van der Waals surface area contributed by atoms with Crippen molar-refractivity contribution >= 4 is 10.1 Å². The molecule has 0 amide bonds. The fourth-order valence-corrected chi connectivity index (χ4v) is 2.95. The van der Waals surface area contributed by atoms with E-state index in [9.17, 15) is 8.42 Å². The van der Waals surface area contributed by atoms with E-state index in [1.807, 2.05) is 0 Å². The minimum absolute atomic E-state index is 0.186. The molecule has 6 heteroatoms. The highest BCUT2D eigenvalue weighted by atomic mass is 32.2. The third kappa shape index (κ3) is 10.0. The monoisotopic (exact) mass is 358 g/mol. The molecule has 0 N–H and O–H groups in total. The second kappa shape index (κ2) is 13.4. The van der Waals surface area contributed by atoms with Crippen LogP contribution in [0.25, 0.3) is 0 Å². The Kier molecular flexibility index (Phi) is 11.7. The van der Waals surface area contributed by atoms with E-state index in [4.69, 9.17) is 13.7 Å². The van der Waals surface area contributed by atoms with Crippen molar-refractivity contribution in [1.82, 2.24) is 0 Å². The lowest BCUT2D eigenvalue weighted by Crippen LogP contribution is -2.08. The van der Waals surface area contributed by atoms with Crippen molar-refractivity contribution in [2.75, 3.05) is 33.0 Å². The summed E-state index contributed by atoms with van der Waals surface area (Å²) < 4.78 is 39.7. The molecule has 1 aromatic rings. The topological polar surface area (TPSA) is 61.8 Å². The predicted octanol–water partition coefficient (Wildman–Crippen LogP) is 3.79. The van der Waals surface area contributed by atoms with E-state index in [2.05, 4.69) is 6.92 Å². The van der Waals surface area contributed by atoms with E-state index in [-0.39, 0.29) is 11.5 Å². The molecule has 0 unspecified atom stereocenters. The molecule has 5 nitrogen and oxygen atoms in total. The van der Waals surface area contributed by atoms with Gasteiger partial charge in [-0.3, -0.25) is 4.18 Å². The molecule has 24 heavy (non-hydrogen) atoms. The highest BCUT2D eigenvalue weighted by Crippen LogP contribution is 2.11. The first-order valence-electron chi connectivity index (χ1n) is 8.77. The maximum atomic E-state index is 11.9. The van der Waals surface area contributed by atoms with Gasteiger partial charge in [-0.1, -0.05) is 31.5 Å². The van der Waals surface area contributed by atoms with Crippen LogP contribution in [0.5, 0.6) is 0 Å². The Balaban J connectivity index is 1.92. The molecule has 0 aliphatic heterocycles. The molecule has 0 saturated heterocycles. The van der Waals surface area contributed by atoms with Crippen LogP contribution >= 0.6 is 0 Å². The van der Waals surface area contributed by atoms with Gasteiger partial charge in [-0.05, 0) is 44.2 Å². The van der Waals surface area contributed by atoms with Gasteiger partial charge in [-0.2, -0.15) is 8.42 Å². The van der Waals surface area contributed by atoms with Crippen molar-refractivity contribution < 1.29 is 22.1 Å². The molecule has 1 aromatic carbocycles. The Labute approximate surface area is 146 Å². The highest BCUT2D eigenvalue weighted by Gasteiger charge is 2.13. The van der Waals surface area contributed by atoms with Gasteiger partial charge < -0.3 is 9.47 Å². The van der Waals surface area contributed by atoms with Gasteiger partial charge in [0.05, 0.1) is 11.5 Å². The molecular weight excluding hydrogens is 328 g/mol. The van der Waals surface area contributed by atoms with Gasteiger partial charge in [0, 0.05) is 26.4 Å². The van der Waals surface area contributed by atoms with E-state index >= 15 is 0 Å². The summed E-state index contributed by atoms with van der Waals surface area (Å²) in [6.45, 7) is 5.34. The zero-order valence-electron chi connectivity index (χ0n) is 14.6. The van der Waals surface area contributed by atoms with Crippen molar-refractivity contribution in [3.63, 3.8) is 0 Å². The largest absolute Gasteiger partial charge is 0.381 e. The maximum Gasteiger partial charge on any atom is 0.296 e. The lowest BCUT2D eigenvalue weighted by Gasteiger charge is -2.07. The van der Waals surface area contributed by atoms with Crippen molar-refractivity contribution in [3.8, 4) is 0 Å². The minimum atomic E-state index is -3.63. The Morgan fingerprint density at radius 3 is 1.79 bits per heavy atom. The van der Waals surface area contributed by atoms with Crippen LogP contribution < -0.4 is 0 Å². The fourth-order valence-electron chi connectivity index (χ4n) is 1.99. The smallest absolute Gasteiger partial charge is 0.296 e. The van der Waals surface area contributed by atoms with E-state index in [0.29, 0.717) is 13.0 Å². The fraction of sp³-hybridized carbons (Fsp3) is 0.667. The van der Waals surface area contributed by atoms with Gasteiger partial charge in [0.2, 0.25) is 0 Å². The van der Waals surface area contributed by atoms with Crippen molar-refractivity contribution in [2.45, 2.75) is 50.3 Å². The molecule has 0 aliphatic rings. The van der Waals surface area contributed by atoms with Crippen LogP contribution in [0.2, 0.25) is 0 Å². The molecule has 1 rings (SSSR count). The summed E-state index contributed by atoms with van der Waals surface area (Å²) >= 11 is 0. The third-order valence-corrected chi connectivity index (χ3v) is 4.75. The Hall–Kier alpha value is -0.950. The average Bonchev–Trinajstić information content (AvgIpc) is 2.60. The molecule has 0 radical (unpaired) electrons. The molecule has 138 valence electrons. The number of ether oxygens (including phenoxy) is 2. The summed E-state index contributed by atoms with van der Waals surface area (Å²) in [4.78, 5) is 0.197. The van der Waals surface area contributed by atoms with Gasteiger partial charge in [0.25, 0.3) is 10.1 Å². The highest BCUT2D eigenvalue weighted by molar-refractivity contribution is 7.86. The first kappa shape index (κ1) is 21.1. The summed E-state index contributed by atoms with van der Waals surface area (Å²) in [6.07, 6.45) is 5.74. The zero-order valence-corrected chi connectivity index (χ0v) is 15.4. The summed E-state index contributed by atoms with van der Waals surface area (Å²) in [5.74, 6) is 0. The maximum absolute atomic E-state index is 11.9. The molecule has 0 spiro atoms. The van der Waals surface area contributed by atoms with Gasteiger partial charge in [-0.25, -0.2) is 0 Å². The molecule has 0 aliphatic carbocycles. The zero-order chi connectivity index (χ0) is 17.5. The normalized spacial score (nSPS) is 11.7. The number of rotatable bonds is 15. The number of benzene rings is 1. The van der Waals surface area contributed by atoms with Crippen LogP contribution in [0, 0.1) is 0 Å². The molecule has 0 saturated carbocycles. The molecule has 0 heterocycles. The SMILES string of the molecule is CCCCOCCCCOCCCCOS(=O)(=O)c1ccccc1. The first-order valence-corrected chi connectivity index (χ1v) is 10.2. The summed E-state index contributed by atoms with van der Waals surface area (Å²) in [6, 6.07) is 8.19. The van der Waals surface area contributed by atoms with Crippen LogP contribution in [0.1, 0.15) is 45.4 Å². The van der Waals surface area contributed by atoms with Crippen molar-refractivity contribution in [3.05, 3.63) is 30.3 Å². The lowest BCUT2D eigenvalue weighted by atomic mass is 10.3. The summed E-state index contributed by atoms with van der Waals surface area (Å²) in [7, 11) is -3.63. The Bertz CT molecular complexity index is 501. The van der Waals surface area contributed by atoms with Crippen LogP contribution in [0.15, 0.2) is 35.2 Å². The number of hydrogen-bond donors (Lipinski definition) is 0. The molecule has 0 aromatic heterocycles. The first-order chi connectivity index (χ1) is 11.7. The van der Waals surface area contributed by atoms with Crippen LogP contribution in [0.4, 0.5) is 0 Å². The standard InChI is InChI=1S/C18H30O5S/c1-2-3-13-21-14-7-8-15-22-16-9-10-17-23-24(19,20)18-11-5-4-6-12-18/h4-6,11-12H,2-3,7-10,13-17H2,1H3. The van der Waals surface area contributed by atoms with Gasteiger partial charge >= 0.3 is 0 Å². The van der Waals surface area contributed by atoms with E-state index in [1.165, 1.54) is 18.6 Å². The van der Waals surface area contributed by atoms with E-state index in [1.54, 1.807) is 18.2 Å². The van der Waals surface area contributed by atoms with Crippen molar-refractivity contribution in [1.29, 1.82) is 0 Å². The third-order valence-electron chi connectivity index (χ3n) is 3.42. The van der Waals surface area contributed by atoms with E-state index in [0.717, 1.165) is 45.5 Å². The summed E-state index contributed by atoms with van der Waals surface area (Å²) in [5.41, 5.74) is 0. The molecule has 0 fully saturated rings. The van der Waals surface area contributed by atoms with Gasteiger partial charge in [-0.15, -0.1) is 0 Å². The predicted molar refractivity (Wildman–Crippen MR) is 94.6 cm³/mol. The molecule has 0 atom stereocenters. The second-order valence-electron chi connectivity index (χ2n) is 5.58. The molecular formula is C18H30O5S. The van der Waals surface area contributed by atoms with Gasteiger partial charge in [0.15, 0.2) is 0 Å². The second-order valence-corrected chi connectivity index (χ2v) is 7.20. The Morgan fingerprint density at radius 2 is 1.25 bits per heavy atom. The van der Waals surface area contributed by atoms with Gasteiger partial charge in [0.1, 0.15) is 0 Å². The minimum Gasteiger partial charge on any atom is -0.381 e. The van der Waals surface area contributed by atoms with Crippen molar-refractivity contribution in [2.24, 2.45) is 0 Å². The van der Waals surface area contributed by atoms with Crippen LogP contribution in [-0.2, 0) is 23.8 Å².